The highest BCUT2D eigenvalue weighted by molar-refractivity contribution is 7.89. The second kappa shape index (κ2) is 7.32. The summed E-state index contributed by atoms with van der Waals surface area (Å²) in [5, 5.41) is 0. The Labute approximate surface area is 160 Å². The van der Waals surface area contributed by atoms with E-state index in [0.29, 0.717) is 17.9 Å². The Hall–Kier alpha value is -2.38. The lowest BCUT2D eigenvalue weighted by Gasteiger charge is -2.23. The molecule has 0 saturated carbocycles. The van der Waals surface area contributed by atoms with Crippen molar-refractivity contribution in [3.63, 3.8) is 0 Å². The molecule has 6 nitrogen and oxygen atoms in total. The summed E-state index contributed by atoms with van der Waals surface area (Å²) in [6, 6.07) is 10.1. The highest BCUT2D eigenvalue weighted by Gasteiger charge is 2.31. The average molecular weight is 388 g/mol. The fourth-order valence-electron chi connectivity index (χ4n) is 3.42. The third-order valence-corrected chi connectivity index (χ3v) is 6.52. The van der Waals surface area contributed by atoms with Gasteiger partial charge in [-0.25, -0.2) is 8.42 Å². The Bertz CT molecular complexity index is 985. The maximum atomic E-state index is 12.9. The maximum Gasteiger partial charge on any atom is 0.244 e. The van der Waals surface area contributed by atoms with E-state index in [1.807, 2.05) is 24.3 Å². The lowest BCUT2D eigenvalue weighted by Crippen LogP contribution is -2.46. The number of hydrogen-bond acceptors (Lipinski definition) is 4. The van der Waals surface area contributed by atoms with Crippen LogP contribution in [0.3, 0.4) is 0 Å². The van der Waals surface area contributed by atoms with Crippen LogP contribution in [-0.4, -0.2) is 34.0 Å². The monoisotopic (exact) mass is 388 g/mol. The number of nitrogens with zero attached hydrogens (tertiary/aromatic N) is 1. The van der Waals surface area contributed by atoms with Gasteiger partial charge in [0.15, 0.2) is 0 Å². The van der Waals surface area contributed by atoms with Gasteiger partial charge < -0.3 is 9.64 Å². The molecule has 27 heavy (non-hydrogen) atoms. The lowest BCUT2D eigenvalue weighted by atomic mass is 10.1. The van der Waals surface area contributed by atoms with Crippen LogP contribution < -0.4 is 14.4 Å². The summed E-state index contributed by atoms with van der Waals surface area (Å²) in [5.74, 6) is 0.371. The van der Waals surface area contributed by atoms with Gasteiger partial charge in [-0.15, -0.1) is 0 Å². The fraction of sp³-hybridized carbons (Fsp3) is 0.350. The van der Waals surface area contributed by atoms with Crippen molar-refractivity contribution in [2.24, 2.45) is 0 Å². The van der Waals surface area contributed by atoms with Crippen LogP contribution in [0.1, 0.15) is 23.6 Å². The number of carbonyl (C=O) groups is 1. The first-order chi connectivity index (χ1) is 12.7. The topological polar surface area (TPSA) is 75.7 Å². The van der Waals surface area contributed by atoms with Crippen molar-refractivity contribution in [3.05, 3.63) is 53.1 Å². The van der Waals surface area contributed by atoms with Gasteiger partial charge >= 0.3 is 0 Å². The number of carbonyl (C=O) groups excluding carboxylic acids is 1. The number of sulfonamides is 1. The summed E-state index contributed by atoms with van der Waals surface area (Å²) in [6.07, 6.45) is 0.776. The van der Waals surface area contributed by atoms with E-state index in [1.165, 1.54) is 0 Å². The summed E-state index contributed by atoms with van der Waals surface area (Å²) in [7, 11) is -2.30. The number of para-hydroxylation sites is 1. The van der Waals surface area contributed by atoms with Crippen molar-refractivity contribution in [2.75, 3.05) is 18.6 Å². The lowest BCUT2D eigenvalue weighted by molar-refractivity contribution is -0.119. The van der Waals surface area contributed by atoms with Gasteiger partial charge in [0.25, 0.3) is 0 Å². The minimum atomic E-state index is -3.84. The van der Waals surface area contributed by atoms with E-state index >= 15 is 0 Å². The number of hydrogen-bond donors (Lipinski definition) is 1. The normalized spacial score (nSPS) is 14.7. The number of ether oxygens (including phenoxy) is 1. The Morgan fingerprint density at radius 2 is 1.89 bits per heavy atom. The molecule has 144 valence electrons. The van der Waals surface area contributed by atoms with Gasteiger partial charge in [-0.2, -0.15) is 4.72 Å². The average Bonchev–Trinajstić information content (AvgIpc) is 3.06. The first kappa shape index (κ1) is 19.4. The third kappa shape index (κ3) is 3.70. The van der Waals surface area contributed by atoms with Crippen LogP contribution in [0.5, 0.6) is 5.75 Å². The predicted octanol–water partition coefficient (Wildman–Crippen LogP) is 2.57. The second-order valence-corrected chi connectivity index (χ2v) is 8.48. The van der Waals surface area contributed by atoms with Crippen LogP contribution in [0, 0.1) is 13.8 Å². The molecule has 1 atom stereocenters. The van der Waals surface area contributed by atoms with E-state index in [2.05, 4.69) is 4.72 Å². The van der Waals surface area contributed by atoms with Gasteiger partial charge in [0.2, 0.25) is 15.9 Å². The minimum Gasteiger partial charge on any atom is -0.496 e. The molecule has 0 bridgehead atoms. The Morgan fingerprint density at radius 3 is 2.59 bits per heavy atom. The van der Waals surface area contributed by atoms with Gasteiger partial charge in [-0.1, -0.05) is 18.2 Å². The summed E-state index contributed by atoms with van der Waals surface area (Å²) in [5.41, 5.74) is 3.24. The SMILES string of the molecule is COc1cc(C)c(S(=O)(=O)N[C@@H](C)C(=O)N2CCc3ccccc32)cc1C. The van der Waals surface area contributed by atoms with Gasteiger partial charge in [-0.05, 0) is 62.1 Å². The zero-order valence-electron chi connectivity index (χ0n) is 15.9. The van der Waals surface area contributed by atoms with Crippen LogP contribution in [0.15, 0.2) is 41.3 Å². The zero-order valence-corrected chi connectivity index (χ0v) is 16.8. The molecule has 0 unspecified atom stereocenters. The van der Waals surface area contributed by atoms with Crippen LogP contribution in [0.2, 0.25) is 0 Å². The molecule has 3 rings (SSSR count). The highest BCUT2D eigenvalue weighted by Crippen LogP contribution is 2.29. The van der Waals surface area contributed by atoms with Crippen LogP contribution >= 0.6 is 0 Å². The molecule has 2 aromatic rings. The maximum absolute atomic E-state index is 12.9. The third-order valence-electron chi connectivity index (χ3n) is 4.84. The van der Waals surface area contributed by atoms with Gasteiger partial charge in [0.05, 0.1) is 18.0 Å². The molecular weight excluding hydrogens is 364 g/mol. The molecule has 0 spiro atoms. The van der Waals surface area contributed by atoms with E-state index in [0.717, 1.165) is 23.2 Å². The smallest absolute Gasteiger partial charge is 0.244 e. The minimum absolute atomic E-state index is 0.155. The number of aryl methyl sites for hydroxylation is 2. The summed E-state index contributed by atoms with van der Waals surface area (Å²) in [4.78, 5) is 14.7. The van der Waals surface area contributed by atoms with Crippen LogP contribution in [0.4, 0.5) is 5.69 Å². The number of methoxy groups -OCH3 is 1. The highest BCUT2D eigenvalue weighted by atomic mass is 32.2. The Kier molecular flexibility index (Phi) is 5.26. The molecule has 0 fully saturated rings. The van der Waals surface area contributed by atoms with Crippen molar-refractivity contribution in [1.82, 2.24) is 4.72 Å². The summed E-state index contributed by atoms with van der Waals surface area (Å²) < 4.78 is 33.5. The van der Waals surface area contributed by atoms with Gasteiger partial charge in [0.1, 0.15) is 5.75 Å². The molecule has 1 heterocycles. The standard InChI is InChI=1S/C20H24N2O4S/c1-13-12-19(14(2)11-18(13)26-4)27(24,25)21-15(3)20(23)22-10-9-16-7-5-6-8-17(16)22/h5-8,11-12,15,21H,9-10H2,1-4H3/t15-/m0/s1. The molecule has 0 saturated heterocycles. The molecule has 0 radical (unpaired) electrons. The molecule has 1 aliphatic heterocycles. The number of rotatable bonds is 5. The number of fused-ring (bicyclic) bond motifs is 1. The molecule has 2 aromatic carbocycles. The Morgan fingerprint density at radius 1 is 1.19 bits per heavy atom. The molecule has 0 aliphatic carbocycles. The molecule has 0 aromatic heterocycles. The van der Waals surface area contributed by atoms with Crippen molar-refractivity contribution in [2.45, 2.75) is 38.1 Å². The van der Waals surface area contributed by atoms with Crippen LogP contribution in [-0.2, 0) is 21.2 Å². The van der Waals surface area contributed by atoms with E-state index in [4.69, 9.17) is 4.74 Å². The van der Waals surface area contributed by atoms with Crippen molar-refractivity contribution < 1.29 is 17.9 Å². The largest absolute Gasteiger partial charge is 0.496 e. The van der Waals surface area contributed by atoms with E-state index in [9.17, 15) is 13.2 Å². The fourth-order valence-corrected chi connectivity index (χ4v) is 4.93. The number of amides is 1. The number of benzene rings is 2. The van der Waals surface area contributed by atoms with Gasteiger partial charge in [0, 0.05) is 12.2 Å². The first-order valence-electron chi connectivity index (χ1n) is 8.81. The molecule has 1 N–H and O–H groups in total. The van der Waals surface area contributed by atoms with E-state index in [1.54, 1.807) is 44.9 Å². The van der Waals surface area contributed by atoms with E-state index in [-0.39, 0.29) is 10.8 Å². The zero-order chi connectivity index (χ0) is 19.8. The molecule has 1 aliphatic rings. The van der Waals surface area contributed by atoms with Crippen molar-refractivity contribution in [3.8, 4) is 5.75 Å². The first-order valence-corrected chi connectivity index (χ1v) is 10.3. The predicted molar refractivity (Wildman–Crippen MR) is 105 cm³/mol. The molecule has 7 heteroatoms. The summed E-state index contributed by atoms with van der Waals surface area (Å²) in [6.45, 7) is 5.63. The number of anilines is 1. The summed E-state index contributed by atoms with van der Waals surface area (Å²) >= 11 is 0. The molecular formula is C20H24N2O4S. The Balaban J connectivity index is 1.82. The van der Waals surface area contributed by atoms with Crippen molar-refractivity contribution in [1.29, 1.82) is 0 Å². The van der Waals surface area contributed by atoms with Crippen LogP contribution in [0.25, 0.3) is 0 Å². The van der Waals surface area contributed by atoms with Gasteiger partial charge in [-0.3, -0.25) is 4.79 Å². The quantitative estimate of drug-likeness (QED) is 0.854. The number of nitrogens with one attached hydrogen (secondary N) is 1. The molecule has 1 amide bonds. The van der Waals surface area contributed by atoms with Crippen molar-refractivity contribution >= 4 is 21.6 Å². The van der Waals surface area contributed by atoms with E-state index < -0.39 is 16.1 Å². The second-order valence-electron chi connectivity index (χ2n) is 6.80.